The maximum Gasteiger partial charge on any atom is 0.218 e. The fourth-order valence-electron chi connectivity index (χ4n) is 2.64. The Balaban J connectivity index is 2.37. The van der Waals surface area contributed by atoms with Crippen molar-refractivity contribution in [1.82, 2.24) is 5.32 Å². The van der Waals surface area contributed by atoms with Gasteiger partial charge in [0.25, 0.3) is 0 Å². The highest BCUT2D eigenvalue weighted by molar-refractivity contribution is 5.74. The molecule has 0 spiro atoms. The smallest absolute Gasteiger partial charge is 0.218 e. The van der Waals surface area contributed by atoms with Crippen LogP contribution in [0.3, 0.4) is 0 Å². The summed E-state index contributed by atoms with van der Waals surface area (Å²) in [7, 11) is 0. The number of hydrogen-bond donors (Lipinski definition) is 2. The monoisotopic (exact) mass is 212 g/mol. The highest BCUT2D eigenvalue weighted by atomic mass is 16.1. The van der Waals surface area contributed by atoms with Gasteiger partial charge < -0.3 is 11.1 Å². The summed E-state index contributed by atoms with van der Waals surface area (Å²) in [5.74, 6) is 0.577. The van der Waals surface area contributed by atoms with Crippen molar-refractivity contribution in [3.8, 4) is 0 Å². The molecular formula is C12H24N2O. The second-order valence-electron chi connectivity index (χ2n) is 4.80. The Hall–Kier alpha value is -0.570. The van der Waals surface area contributed by atoms with Crippen molar-refractivity contribution in [1.29, 1.82) is 0 Å². The van der Waals surface area contributed by atoms with Crippen molar-refractivity contribution in [2.75, 3.05) is 0 Å². The van der Waals surface area contributed by atoms with Gasteiger partial charge in [-0.15, -0.1) is 0 Å². The molecule has 1 rings (SSSR count). The van der Waals surface area contributed by atoms with Crippen LogP contribution >= 0.6 is 0 Å². The molecule has 3 atom stereocenters. The quantitative estimate of drug-likeness (QED) is 0.730. The van der Waals surface area contributed by atoms with Crippen molar-refractivity contribution in [2.24, 2.45) is 11.7 Å². The summed E-state index contributed by atoms with van der Waals surface area (Å²) in [6, 6.07) is 0.817. The van der Waals surface area contributed by atoms with Crippen LogP contribution < -0.4 is 11.1 Å². The number of primary amides is 1. The van der Waals surface area contributed by atoms with Crippen LogP contribution in [-0.2, 0) is 4.79 Å². The molecule has 0 aromatic carbocycles. The summed E-state index contributed by atoms with van der Waals surface area (Å²) >= 11 is 0. The Morgan fingerprint density at radius 2 is 2.13 bits per heavy atom. The van der Waals surface area contributed by atoms with E-state index in [1.54, 1.807) is 0 Å². The van der Waals surface area contributed by atoms with Gasteiger partial charge in [-0.3, -0.25) is 4.79 Å². The Labute approximate surface area is 92.8 Å². The van der Waals surface area contributed by atoms with E-state index in [1.165, 1.54) is 32.1 Å². The first kappa shape index (κ1) is 12.5. The van der Waals surface area contributed by atoms with Crippen LogP contribution in [0, 0.1) is 5.92 Å². The molecule has 1 saturated carbocycles. The fourth-order valence-corrected chi connectivity index (χ4v) is 2.64. The van der Waals surface area contributed by atoms with E-state index in [1.807, 2.05) is 6.92 Å². The first-order valence-corrected chi connectivity index (χ1v) is 6.17. The van der Waals surface area contributed by atoms with Crippen LogP contribution in [0.1, 0.15) is 52.4 Å². The number of nitrogens with two attached hydrogens (primary N) is 1. The summed E-state index contributed by atoms with van der Waals surface area (Å²) in [6.07, 6.45) is 6.95. The summed E-state index contributed by atoms with van der Waals surface area (Å²) in [6.45, 7) is 4.30. The van der Waals surface area contributed by atoms with Gasteiger partial charge in [-0.25, -0.2) is 0 Å². The van der Waals surface area contributed by atoms with Crippen LogP contribution in [-0.4, -0.2) is 18.0 Å². The van der Waals surface area contributed by atoms with Crippen molar-refractivity contribution >= 4 is 5.91 Å². The lowest BCUT2D eigenvalue weighted by atomic mass is 9.82. The molecule has 88 valence electrons. The van der Waals surface area contributed by atoms with Gasteiger partial charge in [0.05, 0.1) is 0 Å². The molecule has 3 nitrogen and oxygen atoms in total. The van der Waals surface area contributed by atoms with Crippen molar-refractivity contribution < 1.29 is 4.79 Å². The molecule has 0 aromatic heterocycles. The highest BCUT2D eigenvalue weighted by Crippen LogP contribution is 2.27. The first-order chi connectivity index (χ1) is 7.13. The van der Waals surface area contributed by atoms with Gasteiger partial charge in [-0.2, -0.15) is 0 Å². The zero-order valence-corrected chi connectivity index (χ0v) is 9.96. The molecular weight excluding hydrogens is 188 g/mol. The topological polar surface area (TPSA) is 55.1 Å². The molecule has 3 N–H and O–H groups in total. The molecule has 3 unspecified atom stereocenters. The second kappa shape index (κ2) is 6.11. The van der Waals surface area contributed by atoms with Gasteiger partial charge in [0.1, 0.15) is 0 Å². The molecule has 1 fully saturated rings. The molecule has 0 radical (unpaired) electrons. The summed E-state index contributed by atoms with van der Waals surface area (Å²) in [4.78, 5) is 10.8. The van der Waals surface area contributed by atoms with Crippen molar-refractivity contribution in [3.05, 3.63) is 0 Å². The lowest BCUT2D eigenvalue weighted by Crippen LogP contribution is -2.44. The van der Waals surface area contributed by atoms with E-state index in [2.05, 4.69) is 12.2 Å². The number of amides is 1. The van der Waals surface area contributed by atoms with Crippen LogP contribution in [0.25, 0.3) is 0 Å². The molecule has 0 bridgehead atoms. The summed E-state index contributed by atoms with van der Waals surface area (Å²) < 4.78 is 0. The largest absolute Gasteiger partial charge is 0.370 e. The number of hydrogen-bond acceptors (Lipinski definition) is 2. The zero-order valence-electron chi connectivity index (χ0n) is 9.96. The van der Waals surface area contributed by atoms with Crippen LogP contribution in [0.5, 0.6) is 0 Å². The number of nitrogens with one attached hydrogen (secondary N) is 1. The maximum absolute atomic E-state index is 10.8. The lowest BCUT2D eigenvalue weighted by Gasteiger charge is -2.33. The van der Waals surface area contributed by atoms with E-state index in [4.69, 9.17) is 5.73 Å². The molecule has 0 saturated heterocycles. The van der Waals surface area contributed by atoms with Crippen molar-refractivity contribution in [3.63, 3.8) is 0 Å². The van der Waals surface area contributed by atoms with Crippen LogP contribution in [0.2, 0.25) is 0 Å². The highest BCUT2D eigenvalue weighted by Gasteiger charge is 2.24. The maximum atomic E-state index is 10.8. The van der Waals surface area contributed by atoms with Crippen molar-refractivity contribution in [2.45, 2.75) is 64.5 Å². The minimum absolute atomic E-state index is 0.209. The third-order valence-corrected chi connectivity index (χ3v) is 3.44. The molecule has 0 heterocycles. The predicted molar refractivity (Wildman–Crippen MR) is 62.4 cm³/mol. The average molecular weight is 212 g/mol. The van der Waals surface area contributed by atoms with E-state index in [9.17, 15) is 4.79 Å². The van der Waals surface area contributed by atoms with E-state index in [0.717, 1.165) is 5.92 Å². The van der Waals surface area contributed by atoms with Crippen LogP contribution in [0.15, 0.2) is 0 Å². The molecule has 0 aliphatic heterocycles. The van der Waals surface area contributed by atoms with E-state index >= 15 is 0 Å². The minimum atomic E-state index is -0.209. The third kappa shape index (κ3) is 4.20. The number of carbonyl (C=O) groups excluding carboxylic acids is 1. The lowest BCUT2D eigenvalue weighted by molar-refractivity contribution is -0.118. The Kier molecular flexibility index (Phi) is 5.09. The zero-order chi connectivity index (χ0) is 11.3. The van der Waals surface area contributed by atoms with Gasteiger partial charge in [-0.05, 0) is 25.7 Å². The van der Waals surface area contributed by atoms with Gasteiger partial charge in [0, 0.05) is 18.5 Å². The predicted octanol–water partition coefficient (Wildman–Crippen LogP) is 1.81. The Morgan fingerprint density at radius 3 is 2.73 bits per heavy atom. The summed E-state index contributed by atoms with van der Waals surface area (Å²) in [5, 5.41) is 3.55. The third-order valence-electron chi connectivity index (χ3n) is 3.44. The normalized spacial score (nSPS) is 28.7. The van der Waals surface area contributed by atoms with E-state index in [-0.39, 0.29) is 11.9 Å². The molecule has 1 aliphatic carbocycles. The molecule has 15 heavy (non-hydrogen) atoms. The molecule has 3 heteroatoms. The van der Waals surface area contributed by atoms with Gasteiger partial charge in [0.15, 0.2) is 0 Å². The fraction of sp³-hybridized carbons (Fsp3) is 0.917. The first-order valence-electron chi connectivity index (χ1n) is 6.17. The number of carbonyl (C=O) groups is 1. The molecule has 1 amide bonds. The minimum Gasteiger partial charge on any atom is -0.370 e. The van der Waals surface area contributed by atoms with Gasteiger partial charge in [-0.1, -0.05) is 26.2 Å². The van der Waals surface area contributed by atoms with E-state index < -0.39 is 0 Å². The standard InChI is InChI=1S/C12H24N2O/c1-3-10-6-4-5-7-11(10)14-9(2)8-12(13)15/h9-11,14H,3-8H2,1-2H3,(H2,13,15). The van der Waals surface area contributed by atoms with Gasteiger partial charge in [0.2, 0.25) is 5.91 Å². The SMILES string of the molecule is CCC1CCCCC1NC(C)CC(N)=O. The molecule has 0 aromatic rings. The molecule has 1 aliphatic rings. The van der Waals surface area contributed by atoms with Gasteiger partial charge >= 0.3 is 0 Å². The van der Waals surface area contributed by atoms with Crippen LogP contribution in [0.4, 0.5) is 0 Å². The Morgan fingerprint density at radius 1 is 1.47 bits per heavy atom. The average Bonchev–Trinajstić information content (AvgIpc) is 2.17. The second-order valence-corrected chi connectivity index (χ2v) is 4.80. The van der Waals surface area contributed by atoms with E-state index in [0.29, 0.717) is 12.5 Å². The number of rotatable bonds is 5. The summed E-state index contributed by atoms with van der Waals surface area (Å²) in [5.41, 5.74) is 5.19. The Bertz CT molecular complexity index is 206.